The van der Waals surface area contributed by atoms with E-state index in [9.17, 15) is 13.2 Å². The molecule has 2 saturated heterocycles. The number of carbonyl (C=O) groups excluding carboxylic acids is 1. The Balaban J connectivity index is 1.60. The summed E-state index contributed by atoms with van der Waals surface area (Å²) in [5, 5.41) is 0. The van der Waals surface area contributed by atoms with Gasteiger partial charge in [-0.15, -0.1) is 0 Å². The molecule has 24 heavy (non-hydrogen) atoms. The average molecular weight is 354 g/mol. The zero-order valence-corrected chi connectivity index (χ0v) is 14.5. The molecule has 0 spiro atoms. The molecule has 2 aliphatic heterocycles. The van der Waals surface area contributed by atoms with Gasteiger partial charge in [0.2, 0.25) is 5.88 Å². The molecule has 0 bridgehead atoms. The van der Waals surface area contributed by atoms with E-state index in [0.29, 0.717) is 50.7 Å². The topological polar surface area (TPSA) is 83.0 Å². The third-order valence-electron chi connectivity index (χ3n) is 4.44. The van der Waals surface area contributed by atoms with E-state index in [1.807, 2.05) is 0 Å². The van der Waals surface area contributed by atoms with Crippen molar-refractivity contribution < 1.29 is 17.9 Å². The van der Waals surface area contributed by atoms with Gasteiger partial charge in [0.15, 0.2) is 0 Å². The summed E-state index contributed by atoms with van der Waals surface area (Å²) in [7, 11) is -1.87. The van der Waals surface area contributed by atoms with E-state index < -0.39 is 10.2 Å². The van der Waals surface area contributed by atoms with E-state index >= 15 is 0 Å². The maximum atomic E-state index is 12.5. The molecular weight excluding hydrogens is 332 g/mol. The summed E-state index contributed by atoms with van der Waals surface area (Å²) >= 11 is 0. The summed E-state index contributed by atoms with van der Waals surface area (Å²) in [4.78, 5) is 18.2. The van der Waals surface area contributed by atoms with Gasteiger partial charge >= 0.3 is 0 Å². The normalized spacial score (nSPS) is 20.3. The first-order chi connectivity index (χ1) is 11.5. The van der Waals surface area contributed by atoms with Crippen molar-refractivity contribution in [1.82, 2.24) is 18.5 Å². The van der Waals surface area contributed by atoms with E-state index in [2.05, 4.69) is 4.98 Å². The molecule has 0 atom stereocenters. The molecule has 3 heterocycles. The van der Waals surface area contributed by atoms with Crippen LogP contribution in [0.2, 0.25) is 0 Å². The van der Waals surface area contributed by atoms with E-state index in [1.165, 1.54) is 21.9 Å². The van der Waals surface area contributed by atoms with Crippen LogP contribution >= 0.6 is 0 Å². The molecule has 0 saturated carbocycles. The van der Waals surface area contributed by atoms with Gasteiger partial charge in [-0.25, -0.2) is 4.98 Å². The number of amides is 1. The van der Waals surface area contributed by atoms with Crippen molar-refractivity contribution >= 4 is 16.1 Å². The molecule has 1 aromatic rings. The van der Waals surface area contributed by atoms with E-state index in [4.69, 9.17) is 4.74 Å². The van der Waals surface area contributed by atoms with Gasteiger partial charge in [0.1, 0.15) is 0 Å². The number of nitrogens with zero attached hydrogens (tertiary/aromatic N) is 4. The number of hydrogen-bond acceptors (Lipinski definition) is 5. The highest BCUT2D eigenvalue weighted by molar-refractivity contribution is 7.86. The molecule has 9 heteroatoms. The largest absolute Gasteiger partial charge is 0.481 e. The molecule has 0 radical (unpaired) electrons. The zero-order chi connectivity index (χ0) is 17.2. The molecule has 132 valence electrons. The summed E-state index contributed by atoms with van der Waals surface area (Å²) in [5.41, 5.74) is 0.478. The number of aromatic nitrogens is 1. The molecule has 2 fully saturated rings. The molecule has 1 aromatic heterocycles. The van der Waals surface area contributed by atoms with Crippen LogP contribution in [0, 0.1) is 0 Å². The number of carbonyl (C=O) groups is 1. The molecular formula is C15H22N4O4S. The van der Waals surface area contributed by atoms with Crippen LogP contribution < -0.4 is 4.74 Å². The van der Waals surface area contributed by atoms with Crippen molar-refractivity contribution in [2.24, 2.45) is 0 Å². The minimum absolute atomic E-state index is 0.136. The lowest BCUT2D eigenvalue weighted by Crippen LogP contribution is -2.53. The second-order valence-corrected chi connectivity index (χ2v) is 7.82. The minimum atomic E-state index is -3.38. The summed E-state index contributed by atoms with van der Waals surface area (Å²) in [6.45, 7) is 2.62. The number of rotatable bonds is 4. The van der Waals surface area contributed by atoms with Gasteiger partial charge in [0.25, 0.3) is 16.1 Å². The monoisotopic (exact) mass is 354 g/mol. The van der Waals surface area contributed by atoms with Crippen molar-refractivity contribution in [3.05, 3.63) is 23.9 Å². The van der Waals surface area contributed by atoms with Gasteiger partial charge in [-0.2, -0.15) is 17.0 Å². The average Bonchev–Trinajstić information content (AvgIpc) is 3.17. The molecule has 2 aliphatic rings. The first-order valence-corrected chi connectivity index (χ1v) is 9.46. The first-order valence-electron chi connectivity index (χ1n) is 8.07. The van der Waals surface area contributed by atoms with Crippen LogP contribution in [0.25, 0.3) is 0 Å². The second kappa shape index (κ2) is 7.04. The lowest BCUT2D eigenvalue weighted by atomic mass is 10.2. The van der Waals surface area contributed by atoms with Crippen molar-refractivity contribution in [2.45, 2.75) is 12.8 Å². The highest BCUT2D eigenvalue weighted by atomic mass is 32.2. The fraction of sp³-hybridized carbons (Fsp3) is 0.600. The highest BCUT2D eigenvalue weighted by Gasteiger charge is 2.34. The van der Waals surface area contributed by atoms with Gasteiger partial charge in [0.05, 0.1) is 12.7 Å². The fourth-order valence-electron chi connectivity index (χ4n) is 3.01. The highest BCUT2D eigenvalue weighted by Crippen LogP contribution is 2.19. The third kappa shape index (κ3) is 3.38. The standard InChI is InChI=1S/C15H22N4O4S/c1-23-14-5-4-13(12-16-14)15(20)17-8-10-19(11-9-17)24(21,22)18-6-2-3-7-18/h4-5,12H,2-3,6-11H2,1H3. The van der Waals surface area contributed by atoms with Crippen molar-refractivity contribution in [3.63, 3.8) is 0 Å². The molecule has 0 N–H and O–H groups in total. The summed E-state index contributed by atoms with van der Waals surface area (Å²) < 4.78 is 33.1. The Bertz CT molecular complexity index is 678. The van der Waals surface area contributed by atoms with Crippen molar-refractivity contribution in [2.75, 3.05) is 46.4 Å². The number of ether oxygens (including phenoxy) is 1. The maximum Gasteiger partial charge on any atom is 0.282 e. The predicted molar refractivity (Wildman–Crippen MR) is 88.0 cm³/mol. The molecule has 8 nitrogen and oxygen atoms in total. The Morgan fingerprint density at radius 2 is 1.67 bits per heavy atom. The number of piperazine rings is 1. The first kappa shape index (κ1) is 17.1. The molecule has 0 aliphatic carbocycles. The van der Waals surface area contributed by atoms with Crippen molar-refractivity contribution in [3.8, 4) is 5.88 Å². The van der Waals surface area contributed by atoms with Gasteiger partial charge in [-0.3, -0.25) is 4.79 Å². The SMILES string of the molecule is COc1ccc(C(=O)N2CCN(S(=O)(=O)N3CCCC3)CC2)cn1. The molecule has 1 amide bonds. The van der Waals surface area contributed by atoms with Crippen LogP contribution in [0.5, 0.6) is 5.88 Å². The summed E-state index contributed by atoms with van der Waals surface area (Å²) in [6, 6.07) is 3.31. The summed E-state index contributed by atoms with van der Waals surface area (Å²) in [5.74, 6) is 0.316. The van der Waals surface area contributed by atoms with Gasteiger partial charge in [-0.1, -0.05) is 0 Å². The van der Waals surface area contributed by atoms with Crippen LogP contribution in [-0.2, 0) is 10.2 Å². The Labute approximate surface area is 142 Å². The molecule has 0 unspecified atom stereocenters. The van der Waals surface area contributed by atoms with Crippen LogP contribution in [0.3, 0.4) is 0 Å². The van der Waals surface area contributed by atoms with E-state index in [0.717, 1.165) is 12.8 Å². The Hall–Kier alpha value is -1.71. The zero-order valence-electron chi connectivity index (χ0n) is 13.7. The van der Waals surface area contributed by atoms with Gasteiger partial charge in [-0.05, 0) is 18.9 Å². The fourth-order valence-corrected chi connectivity index (χ4v) is 4.69. The number of pyridine rings is 1. The van der Waals surface area contributed by atoms with Crippen LogP contribution in [0.1, 0.15) is 23.2 Å². The van der Waals surface area contributed by atoms with E-state index in [-0.39, 0.29) is 5.91 Å². The molecule has 0 aromatic carbocycles. The van der Waals surface area contributed by atoms with Gasteiger partial charge in [0, 0.05) is 51.5 Å². The Morgan fingerprint density at radius 3 is 2.21 bits per heavy atom. The predicted octanol–water partition coefficient (Wildman–Crippen LogP) is 0.189. The number of hydrogen-bond donors (Lipinski definition) is 0. The van der Waals surface area contributed by atoms with Crippen molar-refractivity contribution in [1.29, 1.82) is 0 Å². The smallest absolute Gasteiger partial charge is 0.282 e. The summed E-state index contributed by atoms with van der Waals surface area (Å²) in [6.07, 6.45) is 3.32. The second-order valence-electron chi connectivity index (χ2n) is 5.89. The Morgan fingerprint density at radius 1 is 1.04 bits per heavy atom. The van der Waals surface area contributed by atoms with E-state index in [1.54, 1.807) is 17.0 Å². The lowest BCUT2D eigenvalue weighted by molar-refractivity contribution is 0.0694. The maximum absolute atomic E-state index is 12.5. The third-order valence-corrected chi connectivity index (χ3v) is 6.47. The quantitative estimate of drug-likeness (QED) is 0.771. The van der Waals surface area contributed by atoms with Crippen LogP contribution in [0.15, 0.2) is 18.3 Å². The Kier molecular flexibility index (Phi) is 5.02. The number of methoxy groups -OCH3 is 1. The lowest BCUT2D eigenvalue weighted by Gasteiger charge is -2.35. The minimum Gasteiger partial charge on any atom is -0.481 e. The molecule has 3 rings (SSSR count). The van der Waals surface area contributed by atoms with Gasteiger partial charge < -0.3 is 9.64 Å². The van der Waals surface area contributed by atoms with Crippen LogP contribution in [0.4, 0.5) is 0 Å². The van der Waals surface area contributed by atoms with Crippen LogP contribution in [-0.4, -0.2) is 79.2 Å².